The molecule has 2 aromatic rings. The monoisotopic (exact) mass is 292 g/mol. The lowest BCUT2D eigenvalue weighted by Crippen LogP contribution is -2.21. The summed E-state index contributed by atoms with van der Waals surface area (Å²) in [7, 11) is 0. The molecule has 2 aromatic heterocycles. The van der Waals surface area contributed by atoms with Gasteiger partial charge < -0.3 is 5.32 Å². The van der Waals surface area contributed by atoms with Gasteiger partial charge in [0.25, 0.3) is 0 Å². The zero-order chi connectivity index (χ0) is 13.7. The van der Waals surface area contributed by atoms with E-state index < -0.39 is 5.95 Å². The highest BCUT2D eigenvalue weighted by atomic mass is 32.1. The third-order valence-corrected chi connectivity index (χ3v) is 5.36. The topological polar surface area (TPSA) is 24.9 Å². The quantitative estimate of drug-likeness (QED) is 0.854. The Hall–Kier alpha value is -1.33. The van der Waals surface area contributed by atoms with Crippen molar-refractivity contribution in [3.63, 3.8) is 0 Å². The Balaban J connectivity index is 1.72. The van der Waals surface area contributed by atoms with E-state index in [1.165, 1.54) is 35.6 Å². The van der Waals surface area contributed by atoms with Gasteiger partial charge in [-0.05, 0) is 37.0 Å². The molecule has 0 saturated carbocycles. The van der Waals surface area contributed by atoms with Crippen LogP contribution in [0.2, 0.25) is 0 Å². The van der Waals surface area contributed by atoms with Gasteiger partial charge in [0, 0.05) is 40.0 Å². The third-order valence-electron chi connectivity index (χ3n) is 4.42. The van der Waals surface area contributed by atoms with Crippen molar-refractivity contribution in [2.24, 2.45) is 0 Å². The predicted molar refractivity (Wildman–Crippen MR) is 74.8 cm³/mol. The Morgan fingerprint density at radius 3 is 2.80 bits per heavy atom. The van der Waals surface area contributed by atoms with E-state index in [4.69, 9.17) is 0 Å². The molecule has 2 fully saturated rings. The molecule has 2 aliphatic heterocycles. The molecule has 4 rings (SSSR count). The Morgan fingerprint density at radius 1 is 1.25 bits per heavy atom. The highest BCUT2D eigenvalue weighted by Gasteiger charge is 2.40. The van der Waals surface area contributed by atoms with Gasteiger partial charge in [-0.3, -0.25) is 0 Å². The zero-order valence-corrected chi connectivity index (χ0v) is 11.6. The van der Waals surface area contributed by atoms with Crippen molar-refractivity contribution in [3.8, 4) is 10.4 Å². The zero-order valence-electron chi connectivity index (χ0n) is 10.8. The summed E-state index contributed by atoms with van der Waals surface area (Å²) in [6, 6.07) is 4.30. The molecule has 0 spiro atoms. The number of pyridine rings is 1. The van der Waals surface area contributed by atoms with E-state index in [9.17, 15) is 8.78 Å². The van der Waals surface area contributed by atoms with E-state index in [0.29, 0.717) is 28.4 Å². The molecule has 104 valence electrons. The SMILES string of the molecule is Fc1csc(-c2cc(C3CC4CCC3N4)cnc2F)c1. The molecule has 0 aromatic carbocycles. The fourth-order valence-corrected chi connectivity index (χ4v) is 4.24. The van der Waals surface area contributed by atoms with Crippen molar-refractivity contribution in [3.05, 3.63) is 41.0 Å². The highest BCUT2D eigenvalue weighted by Crippen LogP contribution is 2.41. The minimum atomic E-state index is -0.522. The van der Waals surface area contributed by atoms with Crippen molar-refractivity contribution in [2.45, 2.75) is 37.3 Å². The summed E-state index contributed by atoms with van der Waals surface area (Å²) in [5.74, 6) is -0.437. The molecule has 2 bridgehead atoms. The number of aromatic nitrogens is 1. The summed E-state index contributed by atoms with van der Waals surface area (Å²) in [5.41, 5.74) is 1.48. The van der Waals surface area contributed by atoms with Crippen LogP contribution in [0, 0.1) is 11.8 Å². The van der Waals surface area contributed by atoms with E-state index in [1.807, 2.05) is 6.07 Å². The number of thiophene rings is 1. The van der Waals surface area contributed by atoms with Crippen molar-refractivity contribution >= 4 is 11.3 Å². The summed E-state index contributed by atoms with van der Waals surface area (Å²) in [4.78, 5) is 4.48. The number of halogens is 2. The molecule has 2 aliphatic rings. The molecule has 1 N–H and O–H groups in total. The molecule has 20 heavy (non-hydrogen) atoms. The molecule has 0 radical (unpaired) electrons. The minimum Gasteiger partial charge on any atom is -0.311 e. The lowest BCUT2D eigenvalue weighted by atomic mass is 9.84. The number of rotatable bonds is 2. The van der Waals surface area contributed by atoms with E-state index in [1.54, 1.807) is 6.20 Å². The van der Waals surface area contributed by atoms with Gasteiger partial charge in [-0.25, -0.2) is 9.37 Å². The molecule has 0 aliphatic carbocycles. The van der Waals surface area contributed by atoms with E-state index in [-0.39, 0.29) is 5.82 Å². The van der Waals surface area contributed by atoms with Crippen LogP contribution in [0.5, 0.6) is 0 Å². The van der Waals surface area contributed by atoms with Gasteiger partial charge in [0.15, 0.2) is 0 Å². The van der Waals surface area contributed by atoms with Crippen LogP contribution in [0.25, 0.3) is 10.4 Å². The first-order valence-corrected chi connectivity index (χ1v) is 7.74. The van der Waals surface area contributed by atoms with Gasteiger partial charge in [-0.1, -0.05) is 0 Å². The second-order valence-corrected chi connectivity index (χ2v) is 6.54. The number of nitrogens with one attached hydrogen (secondary N) is 1. The Labute approximate surface area is 119 Å². The normalized spacial score (nSPS) is 28.2. The average Bonchev–Trinajstić information content (AvgIpc) is 3.15. The van der Waals surface area contributed by atoms with Gasteiger partial charge >= 0.3 is 0 Å². The van der Waals surface area contributed by atoms with Crippen LogP contribution < -0.4 is 5.32 Å². The Kier molecular flexibility index (Phi) is 2.86. The summed E-state index contributed by atoms with van der Waals surface area (Å²) < 4.78 is 27.0. The van der Waals surface area contributed by atoms with Crippen LogP contribution >= 0.6 is 11.3 Å². The van der Waals surface area contributed by atoms with Gasteiger partial charge in [-0.15, -0.1) is 11.3 Å². The van der Waals surface area contributed by atoms with Crippen molar-refractivity contribution in [1.82, 2.24) is 10.3 Å². The minimum absolute atomic E-state index is 0.323. The first-order chi connectivity index (χ1) is 9.70. The first kappa shape index (κ1) is 12.4. The predicted octanol–water partition coefficient (Wildman–Crippen LogP) is 3.70. The van der Waals surface area contributed by atoms with Crippen LogP contribution in [0.4, 0.5) is 8.78 Å². The van der Waals surface area contributed by atoms with E-state index in [2.05, 4.69) is 10.3 Å². The maximum atomic E-state index is 13.9. The molecule has 2 nitrogen and oxygen atoms in total. The lowest BCUT2D eigenvalue weighted by molar-refractivity contribution is 0.502. The molecule has 4 heterocycles. The number of fused-ring (bicyclic) bond motifs is 2. The fraction of sp³-hybridized carbons (Fsp3) is 0.400. The van der Waals surface area contributed by atoms with Gasteiger partial charge in [0.1, 0.15) is 5.82 Å². The highest BCUT2D eigenvalue weighted by molar-refractivity contribution is 7.13. The summed E-state index contributed by atoms with van der Waals surface area (Å²) in [6.45, 7) is 0. The third kappa shape index (κ3) is 1.96. The maximum Gasteiger partial charge on any atom is 0.221 e. The smallest absolute Gasteiger partial charge is 0.221 e. The van der Waals surface area contributed by atoms with Crippen LogP contribution in [-0.4, -0.2) is 17.1 Å². The number of hydrogen-bond acceptors (Lipinski definition) is 3. The summed E-state index contributed by atoms with van der Waals surface area (Å²) >= 11 is 1.21. The number of hydrogen-bond donors (Lipinski definition) is 1. The molecule has 3 atom stereocenters. The van der Waals surface area contributed by atoms with Crippen molar-refractivity contribution < 1.29 is 8.78 Å². The lowest BCUT2D eigenvalue weighted by Gasteiger charge is -2.20. The van der Waals surface area contributed by atoms with E-state index >= 15 is 0 Å². The second-order valence-electron chi connectivity index (χ2n) is 5.63. The van der Waals surface area contributed by atoms with Crippen molar-refractivity contribution in [1.29, 1.82) is 0 Å². The summed E-state index contributed by atoms with van der Waals surface area (Å²) in [5, 5.41) is 4.96. The van der Waals surface area contributed by atoms with Crippen LogP contribution in [0.1, 0.15) is 30.7 Å². The second kappa shape index (κ2) is 4.60. The maximum absolute atomic E-state index is 13.9. The summed E-state index contributed by atoms with van der Waals surface area (Å²) in [6.07, 6.45) is 5.14. The largest absolute Gasteiger partial charge is 0.311 e. The van der Waals surface area contributed by atoms with Crippen LogP contribution in [0.3, 0.4) is 0 Å². The Morgan fingerprint density at radius 2 is 2.15 bits per heavy atom. The fourth-order valence-electron chi connectivity index (χ4n) is 3.49. The Bertz CT molecular complexity index is 655. The molecule has 3 unspecified atom stereocenters. The van der Waals surface area contributed by atoms with Gasteiger partial charge in [-0.2, -0.15) is 4.39 Å². The average molecular weight is 292 g/mol. The molecule has 2 saturated heterocycles. The van der Waals surface area contributed by atoms with Gasteiger partial charge in [0.2, 0.25) is 5.95 Å². The van der Waals surface area contributed by atoms with Crippen LogP contribution in [-0.2, 0) is 0 Å². The van der Waals surface area contributed by atoms with Crippen molar-refractivity contribution in [2.75, 3.05) is 0 Å². The molecular weight excluding hydrogens is 278 g/mol. The van der Waals surface area contributed by atoms with E-state index in [0.717, 1.165) is 12.0 Å². The van der Waals surface area contributed by atoms with Crippen LogP contribution in [0.15, 0.2) is 23.7 Å². The standard InChI is InChI=1S/C15H14F2N2S/c16-9-4-14(20-7-9)12-3-8(6-18-15(12)17)11-5-10-1-2-13(11)19-10/h3-4,6-7,10-11,13,19H,1-2,5H2. The van der Waals surface area contributed by atoms with Gasteiger partial charge in [0.05, 0.1) is 0 Å². The molecule has 0 amide bonds. The number of nitrogens with zero attached hydrogens (tertiary/aromatic N) is 1. The molecule has 5 heteroatoms. The molecular formula is C15H14F2N2S. The first-order valence-electron chi connectivity index (χ1n) is 6.86.